The molecule has 0 atom stereocenters. The number of halogens is 6. The fourth-order valence-electron chi connectivity index (χ4n) is 0.758. The Bertz CT molecular complexity index is 418. The van der Waals surface area contributed by atoms with Gasteiger partial charge in [-0.15, -0.1) is 0 Å². The van der Waals surface area contributed by atoms with Crippen LogP contribution in [0.3, 0.4) is 0 Å². The topological polar surface area (TPSA) is 30.0 Å². The van der Waals surface area contributed by atoms with E-state index in [0.29, 0.717) is 6.07 Å². The van der Waals surface area contributed by atoms with Crippen molar-refractivity contribution in [1.82, 2.24) is 4.98 Å². The lowest BCUT2D eigenvalue weighted by Gasteiger charge is -2.06. The van der Waals surface area contributed by atoms with Crippen molar-refractivity contribution in [2.45, 2.75) is 6.18 Å². The van der Waals surface area contributed by atoms with E-state index in [0.717, 1.165) is 0 Å². The highest BCUT2D eigenvalue weighted by Crippen LogP contribution is 2.27. The van der Waals surface area contributed by atoms with Crippen molar-refractivity contribution in [2.75, 3.05) is 0 Å². The van der Waals surface area contributed by atoms with Crippen LogP contribution in [-0.2, 0) is 0 Å². The van der Waals surface area contributed by atoms with E-state index in [4.69, 9.17) is 23.2 Å². The minimum atomic E-state index is -5.13. The lowest BCUT2D eigenvalue weighted by Crippen LogP contribution is -2.23. The molecule has 1 aromatic rings. The molecule has 0 aliphatic rings. The molecule has 2 nitrogen and oxygen atoms in total. The lowest BCUT2D eigenvalue weighted by atomic mass is 10.2. The van der Waals surface area contributed by atoms with Crippen molar-refractivity contribution in [2.24, 2.45) is 0 Å². The Kier molecular flexibility index (Phi) is 3.20. The monoisotopic (exact) mass is 261 g/mol. The summed E-state index contributed by atoms with van der Waals surface area (Å²) in [5.74, 6) is -3.51. The molecule has 0 amide bonds. The molecular weight excluding hydrogens is 261 g/mol. The molecule has 8 heteroatoms. The number of nitrogens with zero attached hydrogens (tertiary/aromatic N) is 1. The fraction of sp³-hybridized carbons (Fsp3) is 0.143. The summed E-state index contributed by atoms with van der Waals surface area (Å²) in [7, 11) is 0. The van der Waals surface area contributed by atoms with Crippen LogP contribution in [0.4, 0.5) is 17.6 Å². The highest BCUT2D eigenvalue weighted by molar-refractivity contribution is 6.35. The van der Waals surface area contributed by atoms with Gasteiger partial charge in [0, 0.05) is 0 Å². The molecule has 0 unspecified atom stereocenters. The first-order valence-electron chi connectivity index (χ1n) is 3.36. The van der Waals surface area contributed by atoms with E-state index >= 15 is 0 Å². The Balaban J connectivity index is 3.28. The second kappa shape index (κ2) is 3.94. The minimum Gasteiger partial charge on any atom is -0.284 e. The summed E-state index contributed by atoms with van der Waals surface area (Å²) < 4.78 is 48.6. The SMILES string of the molecule is O=C(c1cc(F)c(Cl)nc1Cl)C(F)(F)F. The van der Waals surface area contributed by atoms with Crippen molar-refractivity contribution >= 4 is 29.0 Å². The van der Waals surface area contributed by atoms with Crippen LogP contribution in [0.5, 0.6) is 0 Å². The molecule has 0 spiro atoms. The first kappa shape index (κ1) is 12.2. The van der Waals surface area contributed by atoms with E-state index < -0.39 is 33.6 Å². The van der Waals surface area contributed by atoms with Gasteiger partial charge < -0.3 is 0 Å². The van der Waals surface area contributed by atoms with Crippen LogP contribution >= 0.6 is 23.2 Å². The number of Topliss-reactive ketones (excluding diaryl/α,β-unsaturated/α-hetero) is 1. The van der Waals surface area contributed by atoms with Crippen LogP contribution in [0.25, 0.3) is 0 Å². The summed E-state index contributed by atoms with van der Waals surface area (Å²) in [6, 6.07) is 0.299. The third kappa shape index (κ3) is 2.57. The smallest absolute Gasteiger partial charge is 0.284 e. The van der Waals surface area contributed by atoms with E-state index in [1.165, 1.54) is 0 Å². The van der Waals surface area contributed by atoms with E-state index in [1.54, 1.807) is 0 Å². The van der Waals surface area contributed by atoms with E-state index in [1.807, 2.05) is 0 Å². The third-order valence-corrected chi connectivity index (χ3v) is 1.94. The Hall–Kier alpha value is -0.880. The summed E-state index contributed by atoms with van der Waals surface area (Å²) in [5, 5.41) is -1.48. The number of hydrogen-bond donors (Lipinski definition) is 0. The molecule has 15 heavy (non-hydrogen) atoms. The number of ketones is 1. The molecular formula is C7HCl2F4NO. The maximum Gasteiger partial charge on any atom is 0.454 e. The first-order valence-corrected chi connectivity index (χ1v) is 4.12. The maximum atomic E-state index is 12.7. The molecule has 0 saturated heterocycles. The van der Waals surface area contributed by atoms with Gasteiger partial charge in [0.15, 0.2) is 11.0 Å². The summed E-state index contributed by atoms with van der Waals surface area (Å²) in [6.45, 7) is 0. The van der Waals surface area contributed by atoms with Gasteiger partial charge >= 0.3 is 6.18 Å². The standard InChI is InChI=1S/C7HCl2F4NO/c8-5-2(4(15)7(11,12)13)1-3(10)6(9)14-5/h1H. The molecule has 1 aromatic heterocycles. The molecule has 1 rings (SSSR count). The number of pyridine rings is 1. The van der Waals surface area contributed by atoms with Crippen LogP contribution < -0.4 is 0 Å². The lowest BCUT2D eigenvalue weighted by molar-refractivity contribution is -0.0885. The number of carbonyl (C=O) groups is 1. The highest BCUT2D eigenvalue weighted by Gasteiger charge is 2.41. The first-order chi connectivity index (χ1) is 6.73. The summed E-state index contributed by atoms with van der Waals surface area (Å²) in [6.07, 6.45) is -5.13. The molecule has 0 aliphatic carbocycles. The number of rotatable bonds is 1. The quantitative estimate of drug-likeness (QED) is 0.441. The zero-order valence-corrected chi connectivity index (χ0v) is 8.21. The van der Waals surface area contributed by atoms with Gasteiger partial charge in [0.25, 0.3) is 5.78 Å². The van der Waals surface area contributed by atoms with Crippen molar-refractivity contribution in [3.8, 4) is 0 Å². The largest absolute Gasteiger partial charge is 0.454 e. The summed E-state index contributed by atoms with van der Waals surface area (Å²) in [5.41, 5.74) is -1.06. The molecule has 0 saturated carbocycles. The van der Waals surface area contributed by atoms with Gasteiger partial charge in [-0.2, -0.15) is 13.2 Å². The van der Waals surface area contributed by atoms with Gasteiger partial charge in [-0.1, -0.05) is 23.2 Å². The Morgan fingerprint density at radius 3 is 2.27 bits per heavy atom. The average Bonchev–Trinajstić information content (AvgIpc) is 2.08. The van der Waals surface area contributed by atoms with Crippen LogP contribution in [0.15, 0.2) is 6.07 Å². The zero-order valence-electron chi connectivity index (χ0n) is 6.70. The Morgan fingerprint density at radius 2 is 1.80 bits per heavy atom. The van der Waals surface area contributed by atoms with Gasteiger partial charge in [0.05, 0.1) is 5.56 Å². The summed E-state index contributed by atoms with van der Waals surface area (Å²) >= 11 is 10.4. The number of carbonyl (C=O) groups excluding carboxylic acids is 1. The van der Waals surface area contributed by atoms with E-state index in [-0.39, 0.29) is 0 Å². The van der Waals surface area contributed by atoms with Crippen molar-refractivity contribution in [1.29, 1.82) is 0 Å². The second-order valence-corrected chi connectivity index (χ2v) is 3.14. The number of hydrogen-bond acceptors (Lipinski definition) is 2. The highest BCUT2D eigenvalue weighted by atomic mass is 35.5. The van der Waals surface area contributed by atoms with Gasteiger partial charge in [-0.3, -0.25) is 4.79 Å². The van der Waals surface area contributed by atoms with Crippen LogP contribution in [0, 0.1) is 5.82 Å². The fourth-order valence-corrected chi connectivity index (χ4v) is 1.16. The average molecular weight is 262 g/mol. The van der Waals surface area contributed by atoms with Crippen LogP contribution in [-0.4, -0.2) is 16.9 Å². The molecule has 82 valence electrons. The normalized spacial score (nSPS) is 11.6. The Labute approximate surface area is 90.8 Å². The predicted octanol–water partition coefficient (Wildman–Crippen LogP) is 3.27. The molecule has 0 aromatic carbocycles. The third-order valence-electron chi connectivity index (χ3n) is 1.39. The molecule has 1 heterocycles. The molecule has 0 N–H and O–H groups in total. The zero-order chi connectivity index (χ0) is 11.8. The maximum absolute atomic E-state index is 12.7. The van der Waals surface area contributed by atoms with Crippen molar-refractivity contribution in [3.63, 3.8) is 0 Å². The van der Waals surface area contributed by atoms with Crippen LogP contribution in [0.2, 0.25) is 10.3 Å². The number of aromatic nitrogens is 1. The molecule has 0 bridgehead atoms. The predicted molar refractivity (Wildman–Crippen MR) is 44.6 cm³/mol. The number of alkyl halides is 3. The van der Waals surface area contributed by atoms with Crippen molar-refractivity contribution in [3.05, 3.63) is 27.8 Å². The minimum absolute atomic E-state index is 0.299. The molecule has 0 fully saturated rings. The van der Waals surface area contributed by atoms with Crippen LogP contribution in [0.1, 0.15) is 10.4 Å². The van der Waals surface area contributed by atoms with Crippen molar-refractivity contribution < 1.29 is 22.4 Å². The summed E-state index contributed by atoms with van der Waals surface area (Å²) in [4.78, 5) is 13.7. The van der Waals surface area contributed by atoms with Gasteiger partial charge in [-0.05, 0) is 6.07 Å². The van der Waals surface area contributed by atoms with Gasteiger partial charge in [-0.25, -0.2) is 9.37 Å². The van der Waals surface area contributed by atoms with E-state index in [9.17, 15) is 22.4 Å². The molecule has 0 aliphatic heterocycles. The Morgan fingerprint density at radius 1 is 1.27 bits per heavy atom. The van der Waals surface area contributed by atoms with Gasteiger partial charge in [0.1, 0.15) is 5.15 Å². The second-order valence-electron chi connectivity index (χ2n) is 2.43. The molecule has 0 radical (unpaired) electrons. The van der Waals surface area contributed by atoms with Gasteiger partial charge in [0.2, 0.25) is 0 Å². The van der Waals surface area contributed by atoms with E-state index in [2.05, 4.69) is 4.98 Å².